The molecule has 1 saturated heterocycles. The molecule has 0 aliphatic carbocycles. The summed E-state index contributed by atoms with van der Waals surface area (Å²) in [5.41, 5.74) is 0.556. The monoisotopic (exact) mass is 392 g/mol. The molecule has 1 atom stereocenters. The molecule has 1 N–H and O–H groups in total. The number of hydrogen-bond donors (Lipinski definition) is 1. The van der Waals surface area contributed by atoms with Gasteiger partial charge in [-0.3, -0.25) is 4.79 Å². The molecule has 1 aliphatic rings. The Kier molecular flexibility index (Phi) is 7.48. The summed E-state index contributed by atoms with van der Waals surface area (Å²) in [6.07, 6.45) is 4.93. The van der Waals surface area contributed by atoms with Crippen molar-refractivity contribution in [1.82, 2.24) is 4.90 Å². The van der Waals surface area contributed by atoms with Gasteiger partial charge in [0.15, 0.2) is 0 Å². The molecule has 0 unspecified atom stereocenters. The standard InChI is InChI=1S/C17H23Cl3N2O2/c1-13-5-2-3-10-22(13)11-4-12-24-15-8-6-14(7-9-15)21-16(23)17(18,19)20/h6-9,13H,2-5,10-12H2,1H3,(H,21,23)/t13-/m0/s1. The zero-order valence-corrected chi connectivity index (χ0v) is 16.0. The second kappa shape index (κ2) is 9.14. The van der Waals surface area contributed by atoms with Gasteiger partial charge in [-0.15, -0.1) is 0 Å². The molecule has 24 heavy (non-hydrogen) atoms. The minimum atomic E-state index is -1.97. The number of likely N-dealkylation sites (tertiary alicyclic amines) is 1. The number of alkyl halides is 3. The van der Waals surface area contributed by atoms with Crippen LogP contribution in [-0.2, 0) is 4.79 Å². The van der Waals surface area contributed by atoms with Gasteiger partial charge in [-0.05, 0) is 57.0 Å². The van der Waals surface area contributed by atoms with Gasteiger partial charge >= 0.3 is 0 Å². The summed E-state index contributed by atoms with van der Waals surface area (Å²) in [5, 5.41) is 2.53. The first-order valence-electron chi connectivity index (χ1n) is 8.21. The second-order valence-electron chi connectivity index (χ2n) is 6.06. The normalized spacial score (nSPS) is 19.1. The lowest BCUT2D eigenvalue weighted by atomic mass is 10.0. The Morgan fingerprint density at radius 2 is 2.00 bits per heavy atom. The fourth-order valence-corrected chi connectivity index (χ4v) is 2.93. The minimum Gasteiger partial charge on any atom is -0.494 e. The van der Waals surface area contributed by atoms with E-state index in [1.807, 2.05) is 0 Å². The van der Waals surface area contributed by atoms with Crippen LogP contribution in [0.2, 0.25) is 0 Å². The molecule has 1 aliphatic heterocycles. The number of carbonyl (C=O) groups is 1. The van der Waals surface area contributed by atoms with Crippen molar-refractivity contribution in [3.63, 3.8) is 0 Å². The summed E-state index contributed by atoms with van der Waals surface area (Å²) in [6.45, 7) is 5.23. The molecule has 7 heteroatoms. The number of ether oxygens (including phenoxy) is 1. The average molecular weight is 394 g/mol. The highest BCUT2D eigenvalue weighted by atomic mass is 35.6. The lowest BCUT2D eigenvalue weighted by Crippen LogP contribution is -2.38. The number of benzene rings is 1. The number of halogens is 3. The number of hydrogen-bond acceptors (Lipinski definition) is 3. The van der Waals surface area contributed by atoms with Gasteiger partial charge in [0, 0.05) is 18.3 Å². The molecule has 1 amide bonds. The third kappa shape index (κ3) is 6.32. The third-order valence-electron chi connectivity index (χ3n) is 4.17. The number of nitrogens with one attached hydrogen (secondary N) is 1. The first kappa shape index (κ1) is 19.6. The van der Waals surface area contributed by atoms with E-state index in [1.165, 1.54) is 25.8 Å². The Hall–Kier alpha value is -0.680. The number of rotatable bonds is 6. The number of amides is 1. The SMILES string of the molecule is C[C@H]1CCCCN1CCCOc1ccc(NC(=O)C(Cl)(Cl)Cl)cc1. The van der Waals surface area contributed by atoms with Gasteiger partial charge in [0.05, 0.1) is 6.61 Å². The van der Waals surface area contributed by atoms with Crippen molar-refractivity contribution in [3.8, 4) is 5.75 Å². The molecule has 0 bridgehead atoms. The van der Waals surface area contributed by atoms with Gasteiger partial charge in [0.2, 0.25) is 0 Å². The molecule has 0 radical (unpaired) electrons. The molecular formula is C17H23Cl3N2O2. The van der Waals surface area contributed by atoms with Crippen LogP contribution in [0.3, 0.4) is 0 Å². The van der Waals surface area contributed by atoms with Gasteiger partial charge in [-0.1, -0.05) is 41.2 Å². The molecule has 2 rings (SSSR count). The maximum atomic E-state index is 11.6. The fraction of sp³-hybridized carbons (Fsp3) is 0.588. The van der Waals surface area contributed by atoms with Crippen LogP contribution in [0.5, 0.6) is 5.75 Å². The first-order valence-corrected chi connectivity index (χ1v) is 9.35. The van der Waals surface area contributed by atoms with E-state index in [2.05, 4.69) is 17.1 Å². The highest BCUT2D eigenvalue weighted by Crippen LogP contribution is 2.28. The van der Waals surface area contributed by atoms with Gasteiger partial charge in [0.25, 0.3) is 9.70 Å². The Bertz CT molecular complexity index is 532. The molecule has 1 heterocycles. The Morgan fingerprint density at radius 3 is 2.62 bits per heavy atom. The van der Waals surface area contributed by atoms with Crippen molar-refractivity contribution in [2.24, 2.45) is 0 Å². The number of piperidine rings is 1. The van der Waals surface area contributed by atoms with Crippen molar-refractivity contribution < 1.29 is 9.53 Å². The lowest BCUT2D eigenvalue weighted by molar-refractivity contribution is -0.115. The van der Waals surface area contributed by atoms with E-state index in [0.29, 0.717) is 18.3 Å². The fourth-order valence-electron chi connectivity index (χ4n) is 2.78. The molecule has 1 aromatic rings. The zero-order chi connectivity index (χ0) is 17.6. The van der Waals surface area contributed by atoms with E-state index < -0.39 is 9.70 Å². The Morgan fingerprint density at radius 1 is 1.29 bits per heavy atom. The number of carbonyl (C=O) groups excluding carboxylic acids is 1. The van der Waals surface area contributed by atoms with Crippen LogP contribution in [-0.4, -0.2) is 40.3 Å². The topological polar surface area (TPSA) is 41.6 Å². The Labute approximate surface area is 158 Å². The molecule has 4 nitrogen and oxygen atoms in total. The lowest BCUT2D eigenvalue weighted by Gasteiger charge is -2.33. The first-order chi connectivity index (χ1) is 11.4. The van der Waals surface area contributed by atoms with Crippen molar-refractivity contribution >= 4 is 46.4 Å². The highest BCUT2D eigenvalue weighted by Gasteiger charge is 2.30. The van der Waals surface area contributed by atoms with Crippen LogP contribution in [0, 0.1) is 0 Å². The highest BCUT2D eigenvalue weighted by molar-refractivity contribution is 6.76. The van der Waals surface area contributed by atoms with Crippen molar-refractivity contribution in [1.29, 1.82) is 0 Å². The summed E-state index contributed by atoms with van der Waals surface area (Å²) >= 11 is 16.5. The summed E-state index contributed by atoms with van der Waals surface area (Å²) in [6, 6.07) is 7.70. The van der Waals surface area contributed by atoms with Crippen LogP contribution in [0.25, 0.3) is 0 Å². The van der Waals surface area contributed by atoms with E-state index in [1.54, 1.807) is 24.3 Å². The predicted molar refractivity (Wildman–Crippen MR) is 100 cm³/mol. The van der Waals surface area contributed by atoms with E-state index in [0.717, 1.165) is 18.7 Å². The van der Waals surface area contributed by atoms with Crippen LogP contribution >= 0.6 is 34.8 Å². The second-order valence-corrected chi connectivity index (χ2v) is 8.34. The van der Waals surface area contributed by atoms with E-state index in [-0.39, 0.29) is 0 Å². The number of nitrogens with zero attached hydrogens (tertiary/aromatic N) is 1. The van der Waals surface area contributed by atoms with Gasteiger partial charge in [-0.2, -0.15) is 0 Å². The van der Waals surface area contributed by atoms with Crippen molar-refractivity contribution in [2.75, 3.05) is 25.0 Å². The van der Waals surface area contributed by atoms with Crippen LogP contribution in [0.4, 0.5) is 5.69 Å². The molecule has 0 spiro atoms. The van der Waals surface area contributed by atoms with E-state index in [9.17, 15) is 4.79 Å². The molecule has 1 fully saturated rings. The predicted octanol–water partition coefficient (Wildman–Crippen LogP) is 4.64. The van der Waals surface area contributed by atoms with Crippen LogP contribution in [0.1, 0.15) is 32.6 Å². The van der Waals surface area contributed by atoms with Crippen molar-refractivity contribution in [2.45, 2.75) is 42.4 Å². The summed E-state index contributed by atoms with van der Waals surface area (Å²) in [4.78, 5) is 14.1. The third-order valence-corrected chi connectivity index (χ3v) is 4.68. The summed E-state index contributed by atoms with van der Waals surface area (Å²) in [7, 11) is 0. The zero-order valence-electron chi connectivity index (χ0n) is 13.7. The summed E-state index contributed by atoms with van der Waals surface area (Å²) in [5.74, 6) is 0.0744. The maximum absolute atomic E-state index is 11.6. The molecule has 0 aromatic heterocycles. The van der Waals surface area contributed by atoms with Crippen LogP contribution in [0.15, 0.2) is 24.3 Å². The quantitative estimate of drug-likeness (QED) is 0.565. The molecule has 134 valence electrons. The molecule has 1 aromatic carbocycles. The Balaban J connectivity index is 1.71. The van der Waals surface area contributed by atoms with Gasteiger partial charge < -0.3 is 15.0 Å². The summed E-state index contributed by atoms with van der Waals surface area (Å²) < 4.78 is 3.77. The minimum absolute atomic E-state index is 0.556. The average Bonchev–Trinajstić information content (AvgIpc) is 2.53. The van der Waals surface area contributed by atoms with Crippen LogP contribution < -0.4 is 10.1 Å². The largest absolute Gasteiger partial charge is 0.494 e. The van der Waals surface area contributed by atoms with Gasteiger partial charge in [-0.25, -0.2) is 0 Å². The smallest absolute Gasteiger partial charge is 0.276 e. The van der Waals surface area contributed by atoms with Crippen molar-refractivity contribution in [3.05, 3.63) is 24.3 Å². The molecule has 0 saturated carbocycles. The van der Waals surface area contributed by atoms with E-state index in [4.69, 9.17) is 39.5 Å². The number of anilines is 1. The molecular weight excluding hydrogens is 371 g/mol. The maximum Gasteiger partial charge on any atom is 0.276 e. The van der Waals surface area contributed by atoms with E-state index >= 15 is 0 Å². The van der Waals surface area contributed by atoms with Gasteiger partial charge in [0.1, 0.15) is 5.75 Å².